The molecule has 0 bridgehead atoms. The molecule has 128 valence electrons. The number of rotatable bonds is 5. The number of aromatic nitrogens is 1. The Morgan fingerprint density at radius 1 is 1.25 bits per heavy atom. The highest BCUT2D eigenvalue weighted by atomic mass is 35.5. The van der Waals surface area contributed by atoms with Gasteiger partial charge < -0.3 is 4.90 Å². The van der Waals surface area contributed by atoms with Crippen molar-refractivity contribution in [2.45, 2.75) is 44.4 Å². The van der Waals surface area contributed by atoms with E-state index in [1.807, 2.05) is 36.9 Å². The van der Waals surface area contributed by atoms with Gasteiger partial charge in [-0.25, -0.2) is 0 Å². The van der Waals surface area contributed by atoms with Gasteiger partial charge in [0.15, 0.2) is 0 Å². The molecule has 1 amide bonds. The average molecular weight is 363 g/mol. The highest BCUT2D eigenvalue weighted by Gasteiger charge is 2.20. The van der Waals surface area contributed by atoms with Crippen LogP contribution in [0.2, 0.25) is 5.02 Å². The highest BCUT2D eigenvalue weighted by Crippen LogP contribution is 2.37. The number of carbonyl (C=O) groups excluding carboxylic acids is 1. The average Bonchev–Trinajstić information content (AvgIpc) is 2.60. The molecule has 2 aromatic rings. The molecule has 0 saturated heterocycles. The summed E-state index contributed by atoms with van der Waals surface area (Å²) in [5, 5.41) is 1.80. The highest BCUT2D eigenvalue weighted by molar-refractivity contribution is 8.00. The van der Waals surface area contributed by atoms with Crippen LogP contribution in [0.1, 0.15) is 37.9 Å². The number of nitrogens with zero attached hydrogens (tertiary/aromatic N) is 2. The lowest BCUT2D eigenvalue weighted by molar-refractivity contribution is -0.127. The van der Waals surface area contributed by atoms with E-state index in [1.54, 1.807) is 11.8 Å². The molecular weight excluding hydrogens is 340 g/mol. The second-order valence-electron chi connectivity index (χ2n) is 6.09. The Kier molecular flexibility index (Phi) is 5.67. The Bertz CT molecular complexity index is 759. The minimum Gasteiger partial charge on any atom is -0.343 e. The molecule has 3 rings (SSSR count). The van der Waals surface area contributed by atoms with Crippen LogP contribution in [-0.4, -0.2) is 34.6 Å². The molecule has 0 fully saturated rings. The maximum Gasteiger partial charge on any atom is 0.232 e. The lowest BCUT2D eigenvalue weighted by atomic mass is 9.94. The van der Waals surface area contributed by atoms with Gasteiger partial charge in [-0.1, -0.05) is 11.6 Å². The minimum absolute atomic E-state index is 0.196. The van der Waals surface area contributed by atoms with Crippen molar-refractivity contribution in [1.29, 1.82) is 0 Å². The number of fused-ring (bicyclic) bond motifs is 2. The van der Waals surface area contributed by atoms with Gasteiger partial charge >= 0.3 is 0 Å². The molecule has 3 nitrogen and oxygen atoms in total. The number of aryl methyl sites for hydroxylation is 1. The molecule has 0 aliphatic heterocycles. The maximum absolute atomic E-state index is 12.4. The fraction of sp³-hybridized carbons (Fsp3) is 0.474. The molecule has 0 radical (unpaired) electrons. The van der Waals surface area contributed by atoms with E-state index in [0.717, 1.165) is 41.9 Å². The number of pyridine rings is 1. The van der Waals surface area contributed by atoms with Gasteiger partial charge in [0.2, 0.25) is 5.91 Å². The third-order valence-electron chi connectivity index (χ3n) is 4.63. The number of thioether (sulfide) groups is 1. The Hall–Kier alpha value is -1.26. The zero-order valence-corrected chi connectivity index (χ0v) is 15.8. The number of carbonyl (C=O) groups is 1. The van der Waals surface area contributed by atoms with Gasteiger partial charge in [-0.3, -0.25) is 9.78 Å². The first-order valence-electron chi connectivity index (χ1n) is 8.65. The van der Waals surface area contributed by atoms with Crippen molar-refractivity contribution in [1.82, 2.24) is 9.88 Å². The Morgan fingerprint density at radius 3 is 2.75 bits per heavy atom. The van der Waals surface area contributed by atoms with E-state index >= 15 is 0 Å². The summed E-state index contributed by atoms with van der Waals surface area (Å²) in [5.74, 6) is 0.668. The van der Waals surface area contributed by atoms with Crippen LogP contribution in [0.5, 0.6) is 0 Å². The lowest BCUT2D eigenvalue weighted by Gasteiger charge is -2.22. The zero-order valence-electron chi connectivity index (χ0n) is 14.3. The van der Waals surface area contributed by atoms with Gasteiger partial charge in [-0.15, -0.1) is 11.8 Å². The van der Waals surface area contributed by atoms with E-state index in [1.165, 1.54) is 29.0 Å². The molecule has 1 aromatic carbocycles. The van der Waals surface area contributed by atoms with Crippen LogP contribution in [0.15, 0.2) is 23.1 Å². The molecule has 0 spiro atoms. The second-order valence-corrected chi connectivity index (χ2v) is 7.51. The monoisotopic (exact) mass is 362 g/mol. The number of halogens is 1. The second kappa shape index (κ2) is 7.75. The van der Waals surface area contributed by atoms with Crippen molar-refractivity contribution in [3.05, 3.63) is 34.5 Å². The summed E-state index contributed by atoms with van der Waals surface area (Å²) in [5.41, 5.74) is 3.51. The lowest BCUT2D eigenvalue weighted by Crippen LogP contribution is -2.31. The van der Waals surface area contributed by atoms with Crippen molar-refractivity contribution >= 4 is 40.2 Å². The summed E-state index contributed by atoms with van der Waals surface area (Å²) in [7, 11) is 0. The van der Waals surface area contributed by atoms with Crippen molar-refractivity contribution in [3.8, 4) is 0 Å². The van der Waals surface area contributed by atoms with Crippen molar-refractivity contribution in [2.75, 3.05) is 18.8 Å². The third kappa shape index (κ3) is 3.55. The van der Waals surface area contributed by atoms with Crippen LogP contribution >= 0.6 is 23.4 Å². The quantitative estimate of drug-likeness (QED) is 0.721. The first-order valence-corrected chi connectivity index (χ1v) is 10.0. The molecule has 5 heteroatoms. The van der Waals surface area contributed by atoms with Crippen LogP contribution in [0.3, 0.4) is 0 Å². The normalized spacial score (nSPS) is 13.8. The number of hydrogen-bond donors (Lipinski definition) is 0. The molecule has 0 saturated carbocycles. The van der Waals surface area contributed by atoms with E-state index in [4.69, 9.17) is 16.6 Å². The molecule has 0 unspecified atom stereocenters. The Morgan fingerprint density at radius 2 is 2.00 bits per heavy atom. The van der Waals surface area contributed by atoms with E-state index in [-0.39, 0.29) is 5.91 Å². The molecule has 1 aromatic heterocycles. The maximum atomic E-state index is 12.4. The Balaban J connectivity index is 1.98. The fourth-order valence-corrected chi connectivity index (χ4v) is 4.65. The summed E-state index contributed by atoms with van der Waals surface area (Å²) in [6.45, 7) is 5.57. The van der Waals surface area contributed by atoms with Crippen molar-refractivity contribution in [2.24, 2.45) is 0 Å². The predicted octanol–water partition coefficient (Wildman–Crippen LogP) is 4.73. The Labute approximate surface area is 152 Å². The topological polar surface area (TPSA) is 33.2 Å². The van der Waals surface area contributed by atoms with Crippen LogP contribution in [-0.2, 0) is 17.6 Å². The van der Waals surface area contributed by atoms with Gasteiger partial charge in [-0.05, 0) is 63.3 Å². The molecule has 1 aliphatic rings. The summed E-state index contributed by atoms with van der Waals surface area (Å²) in [4.78, 5) is 20.3. The number of benzene rings is 1. The van der Waals surface area contributed by atoms with Gasteiger partial charge in [0.25, 0.3) is 0 Å². The SMILES string of the molecule is CCN(CC)C(=O)CSc1c2c(nc3ccc(Cl)cc13)CCCC2. The van der Waals surface area contributed by atoms with Gasteiger partial charge in [0.1, 0.15) is 0 Å². The van der Waals surface area contributed by atoms with E-state index < -0.39 is 0 Å². The first-order chi connectivity index (χ1) is 11.6. The largest absolute Gasteiger partial charge is 0.343 e. The molecule has 24 heavy (non-hydrogen) atoms. The molecule has 1 aliphatic carbocycles. The standard InChI is InChI=1S/C19H23ClN2OS/c1-3-22(4-2)18(23)12-24-19-14-7-5-6-8-16(14)21-17-10-9-13(20)11-15(17)19/h9-11H,3-8,12H2,1-2H3. The van der Waals surface area contributed by atoms with Crippen LogP contribution < -0.4 is 0 Å². The molecule has 0 atom stereocenters. The van der Waals surface area contributed by atoms with E-state index in [2.05, 4.69) is 0 Å². The minimum atomic E-state index is 0.196. The van der Waals surface area contributed by atoms with Crippen LogP contribution in [0.4, 0.5) is 0 Å². The van der Waals surface area contributed by atoms with E-state index in [0.29, 0.717) is 5.75 Å². The smallest absolute Gasteiger partial charge is 0.232 e. The number of hydrogen-bond acceptors (Lipinski definition) is 3. The molecule has 1 heterocycles. The fourth-order valence-electron chi connectivity index (χ4n) is 3.32. The summed E-state index contributed by atoms with van der Waals surface area (Å²) >= 11 is 7.87. The molecule has 0 N–H and O–H groups in total. The zero-order chi connectivity index (χ0) is 17.1. The van der Waals surface area contributed by atoms with E-state index in [9.17, 15) is 4.79 Å². The summed E-state index contributed by atoms with van der Waals surface area (Å²) in [6, 6.07) is 5.87. The van der Waals surface area contributed by atoms with Crippen molar-refractivity contribution in [3.63, 3.8) is 0 Å². The van der Waals surface area contributed by atoms with Gasteiger partial charge in [-0.2, -0.15) is 0 Å². The number of amides is 1. The summed E-state index contributed by atoms with van der Waals surface area (Å²) in [6.07, 6.45) is 4.47. The first kappa shape index (κ1) is 17.6. The summed E-state index contributed by atoms with van der Waals surface area (Å²) < 4.78 is 0. The predicted molar refractivity (Wildman–Crippen MR) is 102 cm³/mol. The van der Waals surface area contributed by atoms with Gasteiger partial charge in [0.05, 0.1) is 11.3 Å². The van der Waals surface area contributed by atoms with Crippen molar-refractivity contribution < 1.29 is 4.79 Å². The molecular formula is C19H23ClN2OS. The third-order valence-corrected chi connectivity index (χ3v) is 6.01. The van der Waals surface area contributed by atoms with Gasteiger partial charge in [0, 0.05) is 34.1 Å². The van der Waals surface area contributed by atoms with Crippen LogP contribution in [0, 0.1) is 0 Å². The van der Waals surface area contributed by atoms with Crippen LogP contribution in [0.25, 0.3) is 10.9 Å².